The first-order chi connectivity index (χ1) is 12.2. The van der Waals surface area contributed by atoms with Crippen molar-refractivity contribution in [1.29, 1.82) is 0 Å². The number of aromatic nitrogens is 3. The van der Waals surface area contributed by atoms with Gasteiger partial charge in [0.05, 0.1) is 0 Å². The Bertz CT molecular complexity index is 1080. The molecular weight excluding hydrogens is 334 g/mol. The molecule has 0 bridgehead atoms. The van der Waals surface area contributed by atoms with E-state index in [1.54, 1.807) is 0 Å². The van der Waals surface area contributed by atoms with E-state index in [4.69, 9.17) is 11.6 Å². The molecule has 0 aliphatic carbocycles. The molecule has 0 fully saturated rings. The van der Waals surface area contributed by atoms with Gasteiger partial charge in [-0.25, -0.2) is 15.0 Å². The van der Waals surface area contributed by atoms with Crippen molar-refractivity contribution >= 4 is 27.6 Å². The molecule has 5 heteroatoms. The number of fused-ring (bicyclic) bond motifs is 1. The first kappa shape index (κ1) is 15.4. The van der Waals surface area contributed by atoms with Gasteiger partial charge in [0.1, 0.15) is 0 Å². The Morgan fingerprint density at radius 3 is 2.04 bits per heavy atom. The molecule has 4 rings (SSSR count). The van der Waals surface area contributed by atoms with Crippen LogP contribution in [0.1, 0.15) is 10.6 Å². The van der Waals surface area contributed by atoms with Crippen LogP contribution >= 0.6 is 11.6 Å². The fourth-order valence-corrected chi connectivity index (χ4v) is 2.72. The number of halogens is 1. The second-order valence-electron chi connectivity index (χ2n) is 5.51. The minimum atomic E-state index is -0.707. The van der Waals surface area contributed by atoms with Crippen molar-refractivity contribution < 1.29 is 4.79 Å². The summed E-state index contributed by atoms with van der Waals surface area (Å²) in [6, 6.07) is 23.4. The molecule has 1 aromatic heterocycles. The van der Waals surface area contributed by atoms with Crippen molar-refractivity contribution in [2.45, 2.75) is 0 Å². The molecule has 4 aromatic rings. The molecule has 0 unspecified atom stereocenters. The van der Waals surface area contributed by atoms with E-state index in [0.29, 0.717) is 11.6 Å². The van der Waals surface area contributed by atoms with E-state index in [2.05, 4.69) is 15.0 Å². The van der Waals surface area contributed by atoms with Crippen LogP contribution in [0.3, 0.4) is 0 Å². The average molecular weight is 346 g/mol. The predicted molar refractivity (Wildman–Crippen MR) is 98.4 cm³/mol. The van der Waals surface area contributed by atoms with Crippen molar-refractivity contribution in [1.82, 2.24) is 15.0 Å². The maximum absolute atomic E-state index is 11.6. The van der Waals surface area contributed by atoms with Crippen LogP contribution in [-0.2, 0) is 0 Å². The number of nitrogens with zero attached hydrogens (tertiary/aromatic N) is 3. The monoisotopic (exact) mass is 345 g/mol. The molecule has 4 nitrogen and oxygen atoms in total. The molecule has 25 heavy (non-hydrogen) atoms. The minimum absolute atomic E-state index is 0.0568. The Morgan fingerprint density at radius 1 is 0.680 bits per heavy atom. The van der Waals surface area contributed by atoms with Crippen LogP contribution in [-0.4, -0.2) is 20.2 Å². The number of hydrogen-bond donors (Lipinski definition) is 0. The third kappa shape index (κ3) is 3.12. The molecule has 0 saturated heterocycles. The summed E-state index contributed by atoms with van der Waals surface area (Å²) in [5, 5.41) is 1.49. The van der Waals surface area contributed by atoms with Gasteiger partial charge in [-0.3, -0.25) is 4.79 Å². The lowest BCUT2D eigenvalue weighted by Gasteiger charge is -2.07. The number of rotatable bonds is 3. The van der Waals surface area contributed by atoms with E-state index in [1.165, 1.54) is 0 Å². The Hall–Kier alpha value is -3.11. The van der Waals surface area contributed by atoms with E-state index < -0.39 is 5.24 Å². The fraction of sp³-hybridized carbons (Fsp3) is 0. The SMILES string of the molecule is O=C(Cl)c1nc(-c2ccccc2)nc(-c2ccc3ccccc3c2)n1. The Kier molecular flexibility index (Phi) is 3.96. The summed E-state index contributed by atoms with van der Waals surface area (Å²) >= 11 is 5.63. The van der Waals surface area contributed by atoms with Crippen LogP contribution in [0.5, 0.6) is 0 Å². The normalized spacial score (nSPS) is 10.8. The standard InChI is InChI=1S/C20H12ClN3O/c21-17(25)20-23-18(14-7-2-1-3-8-14)22-19(24-20)16-11-10-13-6-4-5-9-15(13)12-16/h1-12H. The molecule has 0 amide bonds. The number of benzene rings is 3. The van der Waals surface area contributed by atoms with Gasteiger partial charge in [-0.2, -0.15) is 0 Å². The highest BCUT2D eigenvalue weighted by Crippen LogP contribution is 2.24. The van der Waals surface area contributed by atoms with Gasteiger partial charge in [0.2, 0.25) is 5.82 Å². The predicted octanol–water partition coefficient (Wildman–Crippen LogP) is 4.74. The van der Waals surface area contributed by atoms with Crippen molar-refractivity contribution in [3.8, 4) is 22.8 Å². The maximum atomic E-state index is 11.6. The number of hydrogen-bond acceptors (Lipinski definition) is 4. The zero-order valence-electron chi connectivity index (χ0n) is 13.1. The topological polar surface area (TPSA) is 55.7 Å². The van der Waals surface area contributed by atoms with Crippen LogP contribution in [0.25, 0.3) is 33.5 Å². The van der Waals surface area contributed by atoms with Gasteiger partial charge in [0.25, 0.3) is 5.24 Å². The quantitative estimate of drug-likeness (QED) is 0.503. The lowest BCUT2D eigenvalue weighted by molar-refractivity contribution is 0.107. The smallest absolute Gasteiger partial charge is 0.272 e. The van der Waals surface area contributed by atoms with Gasteiger partial charge in [0, 0.05) is 11.1 Å². The van der Waals surface area contributed by atoms with Gasteiger partial charge in [-0.15, -0.1) is 0 Å². The van der Waals surface area contributed by atoms with Crippen LogP contribution in [0.2, 0.25) is 0 Å². The highest BCUT2D eigenvalue weighted by molar-refractivity contribution is 6.67. The van der Waals surface area contributed by atoms with E-state index in [9.17, 15) is 4.79 Å². The summed E-state index contributed by atoms with van der Waals surface area (Å²) < 4.78 is 0. The molecule has 0 radical (unpaired) electrons. The number of carbonyl (C=O) groups is 1. The fourth-order valence-electron chi connectivity index (χ4n) is 2.64. The highest BCUT2D eigenvalue weighted by Gasteiger charge is 2.14. The zero-order valence-corrected chi connectivity index (χ0v) is 13.8. The van der Waals surface area contributed by atoms with Gasteiger partial charge >= 0.3 is 0 Å². The van der Waals surface area contributed by atoms with Crippen molar-refractivity contribution in [3.63, 3.8) is 0 Å². The summed E-state index contributed by atoms with van der Waals surface area (Å²) in [4.78, 5) is 24.6. The third-order valence-electron chi connectivity index (χ3n) is 3.85. The molecule has 0 aliphatic rings. The summed E-state index contributed by atoms with van der Waals surface area (Å²) in [5.74, 6) is 0.782. The first-order valence-corrected chi connectivity index (χ1v) is 8.09. The second-order valence-corrected chi connectivity index (χ2v) is 5.85. The highest BCUT2D eigenvalue weighted by atomic mass is 35.5. The molecule has 3 aromatic carbocycles. The summed E-state index contributed by atoms with van der Waals surface area (Å²) in [7, 11) is 0. The van der Waals surface area contributed by atoms with E-state index in [-0.39, 0.29) is 5.82 Å². The lowest BCUT2D eigenvalue weighted by Crippen LogP contribution is -2.05. The lowest BCUT2D eigenvalue weighted by atomic mass is 10.1. The minimum Gasteiger partial charge on any atom is -0.272 e. The van der Waals surface area contributed by atoms with E-state index in [1.807, 2.05) is 72.8 Å². The van der Waals surface area contributed by atoms with Gasteiger partial charge < -0.3 is 0 Å². The number of carbonyl (C=O) groups excluding carboxylic acids is 1. The van der Waals surface area contributed by atoms with Crippen LogP contribution < -0.4 is 0 Å². The van der Waals surface area contributed by atoms with Crippen LogP contribution in [0, 0.1) is 0 Å². The first-order valence-electron chi connectivity index (χ1n) is 7.71. The second kappa shape index (κ2) is 6.42. The molecule has 0 saturated carbocycles. The van der Waals surface area contributed by atoms with Crippen molar-refractivity contribution in [2.24, 2.45) is 0 Å². The van der Waals surface area contributed by atoms with E-state index >= 15 is 0 Å². The zero-order chi connectivity index (χ0) is 17.2. The molecule has 120 valence electrons. The molecule has 0 aliphatic heterocycles. The summed E-state index contributed by atoms with van der Waals surface area (Å²) in [6.07, 6.45) is 0. The van der Waals surface area contributed by atoms with Crippen LogP contribution in [0.4, 0.5) is 0 Å². The molecular formula is C20H12ClN3O. The largest absolute Gasteiger partial charge is 0.289 e. The summed E-state index contributed by atoms with van der Waals surface area (Å²) in [6.45, 7) is 0. The van der Waals surface area contributed by atoms with Crippen molar-refractivity contribution in [3.05, 3.63) is 78.6 Å². The van der Waals surface area contributed by atoms with Crippen molar-refractivity contribution in [2.75, 3.05) is 0 Å². The van der Waals surface area contributed by atoms with Gasteiger partial charge in [-0.05, 0) is 28.4 Å². The molecule has 1 heterocycles. The molecule has 0 N–H and O–H groups in total. The Labute approximate surface area is 149 Å². The third-order valence-corrected chi connectivity index (χ3v) is 4.02. The van der Waals surface area contributed by atoms with Gasteiger partial charge in [0.15, 0.2) is 11.6 Å². The average Bonchev–Trinajstić information content (AvgIpc) is 2.68. The van der Waals surface area contributed by atoms with E-state index in [0.717, 1.165) is 21.9 Å². The Morgan fingerprint density at radius 2 is 1.32 bits per heavy atom. The van der Waals surface area contributed by atoms with Crippen LogP contribution in [0.15, 0.2) is 72.8 Å². The maximum Gasteiger partial charge on any atom is 0.289 e. The Balaban J connectivity index is 1.90. The molecule has 0 spiro atoms. The van der Waals surface area contributed by atoms with Gasteiger partial charge in [-0.1, -0.05) is 66.7 Å². The molecule has 0 atom stereocenters. The summed E-state index contributed by atoms with van der Waals surface area (Å²) in [5.41, 5.74) is 1.60.